The van der Waals surface area contributed by atoms with E-state index in [0.717, 1.165) is 37.9 Å². The van der Waals surface area contributed by atoms with E-state index >= 15 is 0 Å². The maximum Gasteiger partial charge on any atom is 0.120 e. The van der Waals surface area contributed by atoms with E-state index in [0.29, 0.717) is 24.4 Å². The first-order valence-electron chi connectivity index (χ1n) is 10.7. The van der Waals surface area contributed by atoms with Gasteiger partial charge in [0.1, 0.15) is 12.4 Å². The summed E-state index contributed by atoms with van der Waals surface area (Å²) in [5.74, 6) is 2.52. The maximum atomic E-state index is 10.6. The van der Waals surface area contributed by atoms with Gasteiger partial charge in [-0.25, -0.2) is 0 Å². The third-order valence-corrected chi connectivity index (χ3v) is 7.92. The molecule has 0 amide bonds. The lowest BCUT2D eigenvalue weighted by atomic mass is 9.55. The number of aliphatic hydroxyl groups is 2. The van der Waals surface area contributed by atoms with Crippen molar-refractivity contribution in [3.05, 3.63) is 65.2 Å². The molecule has 28 heavy (non-hydrogen) atoms. The van der Waals surface area contributed by atoms with E-state index in [1.807, 2.05) is 18.2 Å². The molecule has 2 aromatic rings. The Kier molecular flexibility index (Phi) is 4.48. The second-order valence-corrected chi connectivity index (χ2v) is 9.34. The van der Waals surface area contributed by atoms with Crippen molar-refractivity contribution in [1.82, 2.24) is 0 Å². The Morgan fingerprint density at radius 1 is 1.07 bits per heavy atom. The molecule has 3 unspecified atom stereocenters. The van der Waals surface area contributed by atoms with Crippen molar-refractivity contribution in [2.24, 2.45) is 17.3 Å². The second kappa shape index (κ2) is 6.89. The van der Waals surface area contributed by atoms with Crippen LogP contribution in [0.5, 0.6) is 5.75 Å². The quantitative estimate of drug-likeness (QED) is 0.829. The van der Waals surface area contributed by atoms with Gasteiger partial charge in [-0.1, -0.05) is 43.3 Å². The number of aliphatic hydroxyl groups excluding tert-OH is 2. The van der Waals surface area contributed by atoms with Crippen molar-refractivity contribution in [2.75, 3.05) is 0 Å². The van der Waals surface area contributed by atoms with Crippen molar-refractivity contribution >= 4 is 0 Å². The molecule has 148 valence electrons. The first kappa shape index (κ1) is 18.2. The molecule has 0 saturated heterocycles. The predicted octanol–water partition coefficient (Wildman–Crippen LogP) is 4.45. The third-order valence-electron chi connectivity index (χ3n) is 7.92. The number of hydrogen-bond acceptors (Lipinski definition) is 3. The van der Waals surface area contributed by atoms with Gasteiger partial charge in [-0.3, -0.25) is 0 Å². The normalized spacial score (nSPS) is 36.3. The fourth-order valence-electron chi connectivity index (χ4n) is 6.38. The molecule has 2 fully saturated rings. The van der Waals surface area contributed by atoms with Gasteiger partial charge in [0.15, 0.2) is 0 Å². The standard InChI is InChI=1S/C25H30O3/c1-25-12-11-20-19-10-8-18(28-15-16-5-3-2-4-6-16)13-17(19)7-9-21(20)22(25)14-23(26)24(25)27/h2-6,8,10,13,20-24,26-27H,7,9,11-12,14-15H2,1H3/t20?,21?,22-,23?,24-,25-/m0/s1. The lowest BCUT2D eigenvalue weighted by molar-refractivity contribution is -0.0505. The minimum atomic E-state index is -0.561. The van der Waals surface area contributed by atoms with Crippen LogP contribution in [-0.2, 0) is 13.0 Å². The smallest absolute Gasteiger partial charge is 0.120 e. The number of fused-ring (bicyclic) bond motifs is 5. The second-order valence-electron chi connectivity index (χ2n) is 9.34. The van der Waals surface area contributed by atoms with E-state index < -0.39 is 12.2 Å². The first-order chi connectivity index (χ1) is 13.6. The summed E-state index contributed by atoms with van der Waals surface area (Å²) in [6.07, 6.45) is 3.98. The zero-order chi connectivity index (χ0) is 19.3. The van der Waals surface area contributed by atoms with Crippen LogP contribution in [0, 0.1) is 17.3 Å². The minimum absolute atomic E-state index is 0.114. The fourth-order valence-corrected chi connectivity index (χ4v) is 6.38. The largest absolute Gasteiger partial charge is 0.489 e. The van der Waals surface area contributed by atoms with E-state index in [-0.39, 0.29) is 5.41 Å². The highest BCUT2D eigenvalue weighted by Crippen LogP contribution is 2.60. The van der Waals surface area contributed by atoms with Gasteiger partial charge in [0.2, 0.25) is 0 Å². The van der Waals surface area contributed by atoms with E-state index in [9.17, 15) is 10.2 Å². The molecular weight excluding hydrogens is 348 g/mol. The first-order valence-corrected chi connectivity index (χ1v) is 10.7. The van der Waals surface area contributed by atoms with Crippen LogP contribution in [0.15, 0.2) is 48.5 Å². The summed E-state index contributed by atoms with van der Waals surface area (Å²) >= 11 is 0. The zero-order valence-electron chi connectivity index (χ0n) is 16.6. The number of ether oxygens (including phenoxy) is 1. The third kappa shape index (κ3) is 2.87. The molecule has 2 N–H and O–H groups in total. The van der Waals surface area contributed by atoms with Crippen molar-refractivity contribution in [3.8, 4) is 5.75 Å². The van der Waals surface area contributed by atoms with Gasteiger partial charge in [0.25, 0.3) is 0 Å². The van der Waals surface area contributed by atoms with Crippen LogP contribution >= 0.6 is 0 Å². The van der Waals surface area contributed by atoms with Gasteiger partial charge in [0.05, 0.1) is 12.2 Å². The highest BCUT2D eigenvalue weighted by molar-refractivity contribution is 5.41. The summed E-state index contributed by atoms with van der Waals surface area (Å²) < 4.78 is 6.04. The van der Waals surface area contributed by atoms with Gasteiger partial charge in [-0.15, -0.1) is 0 Å². The van der Waals surface area contributed by atoms with Crippen LogP contribution in [0.1, 0.15) is 55.2 Å². The number of hydrogen-bond donors (Lipinski definition) is 2. The van der Waals surface area contributed by atoms with E-state index in [2.05, 4.69) is 37.3 Å². The summed E-state index contributed by atoms with van der Waals surface area (Å²) in [5.41, 5.74) is 3.97. The molecule has 6 atom stereocenters. The van der Waals surface area contributed by atoms with E-state index in [4.69, 9.17) is 4.74 Å². The number of aryl methyl sites for hydroxylation is 1. The summed E-state index contributed by atoms with van der Waals surface area (Å²) in [5, 5.41) is 20.9. The fraction of sp³-hybridized carbons (Fsp3) is 0.520. The Labute approximate surface area is 167 Å². The molecule has 3 heteroatoms. The van der Waals surface area contributed by atoms with Gasteiger partial charge in [0, 0.05) is 0 Å². The summed E-state index contributed by atoms with van der Waals surface area (Å²) in [6, 6.07) is 16.9. The Morgan fingerprint density at radius 3 is 2.71 bits per heavy atom. The molecule has 0 heterocycles. The Morgan fingerprint density at radius 2 is 1.89 bits per heavy atom. The van der Waals surface area contributed by atoms with Crippen LogP contribution in [0.25, 0.3) is 0 Å². The molecule has 3 aliphatic rings. The minimum Gasteiger partial charge on any atom is -0.489 e. The highest BCUT2D eigenvalue weighted by atomic mass is 16.5. The SMILES string of the molecule is C[C@]12CCC3c4ccc(OCc5ccccc5)cc4CCC3[C@@H]1CC(O)[C@@H]2O. The van der Waals surface area contributed by atoms with Crippen LogP contribution < -0.4 is 4.74 Å². The molecule has 0 bridgehead atoms. The van der Waals surface area contributed by atoms with E-state index in [1.165, 1.54) is 16.7 Å². The Bertz CT molecular complexity index is 848. The summed E-state index contributed by atoms with van der Waals surface area (Å²) in [6.45, 7) is 2.80. The van der Waals surface area contributed by atoms with Crippen LogP contribution in [0.3, 0.4) is 0 Å². The van der Waals surface area contributed by atoms with Gasteiger partial charge in [-0.05, 0) is 84.1 Å². The van der Waals surface area contributed by atoms with Crippen LogP contribution in [0.4, 0.5) is 0 Å². The molecular formula is C25H30O3. The summed E-state index contributed by atoms with van der Waals surface area (Å²) in [4.78, 5) is 0. The van der Waals surface area contributed by atoms with Crippen LogP contribution in [-0.4, -0.2) is 22.4 Å². The molecule has 2 saturated carbocycles. The van der Waals surface area contributed by atoms with Crippen molar-refractivity contribution in [1.29, 1.82) is 0 Å². The number of benzene rings is 2. The molecule has 0 radical (unpaired) electrons. The van der Waals surface area contributed by atoms with Crippen molar-refractivity contribution < 1.29 is 14.9 Å². The predicted molar refractivity (Wildman–Crippen MR) is 109 cm³/mol. The van der Waals surface area contributed by atoms with E-state index in [1.54, 1.807) is 0 Å². The molecule has 3 nitrogen and oxygen atoms in total. The maximum absolute atomic E-state index is 10.6. The van der Waals surface area contributed by atoms with Crippen molar-refractivity contribution in [3.63, 3.8) is 0 Å². The van der Waals surface area contributed by atoms with Gasteiger partial charge in [-0.2, -0.15) is 0 Å². The summed E-state index contributed by atoms with van der Waals surface area (Å²) in [7, 11) is 0. The average Bonchev–Trinajstić information content (AvgIpc) is 2.96. The number of rotatable bonds is 3. The average molecular weight is 379 g/mol. The molecule has 3 aliphatic carbocycles. The molecule has 0 aliphatic heterocycles. The van der Waals surface area contributed by atoms with Crippen LogP contribution in [0.2, 0.25) is 0 Å². The van der Waals surface area contributed by atoms with Crippen molar-refractivity contribution in [2.45, 2.75) is 63.8 Å². The molecule has 0 aromatic heterocycles. The van der Waals surface area contributed by atoms with Gasteiger partial charge < -0.3 is 14.9 Å². The monoisotopic (exact) mass is 378 g/mol. The highest BCUT2D eigenvalue weighted by Gasteiger charge is 2.57. The molecule has 2 aromatic carbocycles. The lowest BCUT2D eigenvalue weighted by Crippen LogP contribution is -2.44. The lowest BCUT2D eigenvalue weighted by Gasteiger charge is -2.49. The molecule has 0 spiro atoms. The Hall–Kier alpha value is -1.84. The molecule has 5 rings (SSSR count). The zero-order valence-corrected chi connectivity index (χ0v) is 16.6. The van der Waals surface area contributed by atoms with Gasteiger partial charge >= 0.3 is 0 Å². The topological polar surface area (TPSA) is 49.7 Å². The Balaban J connectivity index is 1.35.